The largest absolute Gasteiger partial charge is 0.392 e. The number of nitrogens with one attached hydrogen (secondary N) is 1. The summed E-state index contributed by atoms with van der Waals surface area (Å²) in [4.78, 5) is 37.7. The van der Waals surface area contributed by atoms with Gasteiger partial charge in [0.1, 0.15) is 6.04 Å². The zero-order chi connectivity index (χ0) is 26.0. The van der Waals surface area contributed by atoms with E-state index >= 15 is 0 Å². The minimum absolute atomic E-state index is 0.140. The number of nitrogens with two attached hydrogens (primary N) is 1. The van der Waals surface area contributed by atoms with Gasteiger partial charge in [0.15, 0.2) is 0 Å². The Bertz CT molecular complexity index is 1170. The molecule has 0 radical (unpaired) electrons. The van der Waals surface area contributed by atoms with Crippen molar-refractivity contribution >= 4 is 46.7 Å². The lowest BCUT2D eigenvalue weighted by atomic mass is 9.66. The Balaban J connectivity index is 1.58. The molecule has 3 rings (SSSR count). The van der Waals surface area contributed by atoms with E-state index in [4.69, 9.17) is 33.7 Å². The number of amides is 1. The summed E-state index contributed by atoms with van der Waals surface area (Å²) in [6.45, 7) is 5.52. The molecule has 1 fully saturated rings. The molecule has 2 unspecified atom stereocenters. The van der Waals surface area contributed by atoms with Crippen LogP contribution in [0.1, 0.15) is 49.5 Å². The van der Waals surface area contributed by atoms with E-state index in [1.807, 2.05) is 20.8 Å². The molecular weight excluding hydrogens is 489 g/mol. The second-order valence-electron chi connectivity index (χ2n) is 9.56. The van der Waals surface area contributed by atoms with Crippen molar-refractivity contribution in [3.8, 4) is 6.07 Å². The molecule has 0 spiro atoms. The van der Waals surface area contributed by atoms with E-state index in [1.54, 1.807) is 42.5 Å². The summed E-state index contributed by atoms with van der Waals surface area (Å²) >= 11 is 12.2. The number of hydrogen-bond donors (Lipinski definition) is 2. The van der Waals surface area contributed by atoms with E-state index in [9.17, 15) is 19.6 Å². The molecule has 184 valence electrons. The van der Waals surface area contributed by atoms with Gasteiger partial charge in [-0.2, -0.15) is 5.26 Å². The van der Waals surface area contributed by atoms with Gasteiger partial charge in [-0.15, -0.1) is 0 Å². The average molecular weight is 516 g/mol. The summed E-state index contributed by atoms with van der Waals surface area (Å²) in [5.41, 5.74) is 6.09. The number of carbonyl (C=O) groups is 3. The second-order valence-corrected chi connectivity index (χ2v) is 10.4. The third-order valence-corrected chi connectivity index (χ3v) is 7.75. The summed E-state index contributed by atoms with van der Waals surface area (Å²) < 4.78 is 5.10. The van der Waals surface area contributed by atoms with Crippen LogP contribution < -0.4 is 11.1 Å². The smallest absolute Gasteiger partial charge is 0.330 e. The van der Waals surface area contributed by atoms with Crippen molar-refractivity contribution in [2.24, 2.45) is 22.5 Å². The molecule has 3 N–H and O–H groups in total. The second kappa shape index (κ2) is 10.4. The van der Waals surface area contributed by atoms with Gasteiger partial charge in [0.2, 0.25) is 0 Å². The summed E-state index contributed by atoms with van der Waals surface area (Å²) in [5.74, 6) is -2.47. The molecule has 3 atom stereocenters. The Kier molecular flexibility index (Phi) is 7.90. The van der Waals surface area contributed by atoms with Crippen LogP contribution >= 0.6 is 23.2 Å². The molecule has 35 heavy (non-hydrogen) atoms. The maximum atomic E-state index is 12.7. The highest BCUT2D eigenvalue weighted by atomic mass is 35.5. The molecule has 1 amide bonds. The predicted octanol–water partition coefficient (Wildman–Crippen LogP) is 5.15. The Hall–Kier alpha value is -2.92. The van der Waals surface area contributed by atoms with Crippen molar-refractivity contribution in [2.45, 2.75) is 46.1 Å². The maximum Gasteiger partial charge on any atom is 0.330 e. The first kappa shape index (κ1) is 26.7. The summed E-state index contributed by atoms with van der Waals surface area (Å²) in [5, 5.41) is 12.7. The zero-order valence-electron chi connectivity index (χ0n) is 19.7. The molecule has 9 heteroatoms. The molecule has 1 aliphatic carbocycles. The molecule has 0 bridgehead atoms. The molecule has 1 saturated carbocycles. The van der Waals surface area contributed by atoms with Gasteiger partial charge in [-0.25, -0.2) is 4.79 Å². The van der Waals surface area contributed by atoms with Crippen LogP contribution in [0.4, 0.5) is 5.69 Å². The third-order valence-electron chi connectivity index (χ3n) is 7.12. The number of anilines is 1. The fourth-order valence-electron chi connectivity index (χ4n) is 4.33. The lowest BCUT2D eigenvalue weighted by Gasteiger charge is -2.35. The minimum atomic E-state index is -1.05. The zero-order valence-corrected chi connectivity index (χ0v) is 21.2. The average Bonchev–Trinajstić information content (AvgIpc) is 3.04. The van der Waals surface area contributed by atoms with Gasteiger partial charge in [-0.1, -0.05) is 55.2 Å². The highest BCUT2D eigenvalue weighted by Gasteiger charge is 2.55. The van der Waals surface area contributed by atoms with E-state index in [2.05, 4.69) is 11.4 Å². The lowest BCUT2D eigenvalue weighted by Crippen LogP contribution is -2.41. The van der Waals surface area contributed by atoms with Crippen molar-refractivity contribution in [1.82, 2.24) is 0 Å². The van der Waals surface area contributed by atoms with Crippen LogP contribution in [0.25, 0.3) is 0 Å². The maximum absolute atomic E-state index is 12.7. The first-order valence-corrected chi connectivity index (χ1v) is 11.9. The van der Waals surface area contributed by atoms with E-state index < -0.39 is 40.6 Å². The summed E-state index contributed by atoms with van der Waals surface area (Å²) in [7, 11) is 0. The van der Waals surface area contributed by atoms with E-state index in [0.717, 1.165) is 0 Å². The summed E-state index contributed by atoms with van der Waals surface area (Å²) in [6.07, 6.45) is 1.17. The topological polar surface area (TPSA) is 122 Å². The van der Waals surface area contributed by atoms with Crippen molar-refractivity contribution in [3.05, 3.63) is 63.6 Å². The molecule has 2 aromatic carbocycles. The fraction of sp³-hybridized carbons (Fsp3) is 0.385. The highest BCUT2D eigenvalue weighted by Crippen LogP contribution is 2.55. The predicted molar refractivity (Wildman–Crippen MR) is 134 cm³/mol. The van der Waals surface area contributed by atoms with Gasteiger partial charge in [0.25, 0.3) is 5.91 Å². The number of nitrogens with zero attached hydrogens (tertiary/aromatic N) is 1. The van der Waals surface area contributed by atoms with Crippen molar-refractivity contribution < 1.29 is 19.1 Å². The molecule has 0 aliphatic heterocycles. The molecule has 0 saturated heterocycles. The molecule has 0 aromatic heterocycles. The number of rotatable bonds is 6. The van der Waals surface area contributed by atoms with E-state index in [-0.39, 0.29) is 22.0 Å². The van der Waals surface area contributed by atoms with E-state index in [0.29, 0.717) is 24.1 Å². The minimum Gasteiger partial charge on any atom is -0.392 e. The van der Waals surface area contributed by atoms with Crippen LogP contribution in [0.2, 0.25) is 10.0 Å². The van der Waals surface area contributed by atoms with Gasteiger partial charge in [-0.3, -0.25) is 9.59 Å². The Morgan fingerprint density at radius 3 is 2.29 bits per heavy atom. The number of carbonyl (C=O) groups excluding carboxylic acids is 3. The van der Waals surface area contributed by atoms with E-state index in [1.165, 1.54) is 0 Å². The lowest BCUT2D eigenvalue weighted by molar-refractivity contribution is -0.166. The third kappa shape index (κ3) is 5.51. The van der Waals surface area contributed by atoms with Crippen LogP contribution in [0.15, 0.2) is 42.5 Å². The molecule has 0 heterocycles. The van der Waals surface area contributed by atoms with Crippen LogP contribution in [-0.2, 0) is 20.7 Å². The SMILES string of the molecule is CC1(C#N)CCC(C(=O)OC(=O)[C@@H](N)Cc2ccc(NC(=O)c3c(Cl)cccc3Cl)cc2)C1(C)C. The quantitative estimate of drug-likeness (QED) is 0.405. The first-order valence-electron chi connectivity index (χ1n) is 11.2. The standard InChI is InChI=1S/C26H27Cl2N3O4/c1-25(2)17(11-12-26(25,3)14-29)23(33)35-24(34)20(30)13-15-7-9-16(10-8-15)31-22(32)21-18(27)5-4-6-19(21)28/h4-10,17,20H,11-13,30H2,1-3H3,(H,31,32)/t17?,20-,26?/m0/s1. The van der Waals surface area contributed by atoms with Crippen molar-refractivity contribution in [3.63, 3.8) is 0 Å². The van der Waals surface area contributed by atoms with Gasteiger partial charge < -0.3 is 15.8 Å². The first-order chi connectivity index (χ1) is 16.4. The number of nitriles is 1. The van der Waals surface area contributed by atoms with Crippen molar-refractivity contribution in [1.29, 1.82) is 5.26 Å². The van der Waals surface area contributed by atoms with Crippen LogP contribution in [0, 0.1) is 28.1 Å². The van der Waals surface area contributed by atoms with Crippen LogP contribution in [0.3, 0.4) is 0 Å². The Labute approximate surface area is 214 Å². The number of ether oxygens (including phenoxy) is 1. The van der Waals surface area contributed by atoms with Crippen LogP contribution in [-0.4, -0.2) is 23.9 Å². The number of esters is 2. The van der Waals surface area contributed by atoms with Gasteiger partial charge in [-0.05, 0) is 61.4 Å². The Morgan fingerprint density at radius 1 is 1.14 bits per heavy atom. The normalized spacial score (nSPS) is 21.6. The number of halogens is 2. The van der Waals surface area contributed by atoms with Gasteiger partial charge in [0, 0.05) is 5.69 Å². The fourth-order valence-corrected chi connectivity index (χ4v) is 4.90. The van der Waals surface area contributed by atoms with Gasteiger partial charge >= 0.3 is 11.9 Å². The highest BCUT2D eigenvalue weighted by molar-refractivity contribution is 6.40. The number of hydrogen-bond acceptors (Lipinski definition) is 6. The monoisotopic (exact) mass is 515 g/mol. The molecule has 2 aromatic rings. The molecule has 7 nitrogen and oxygen atoms in total. The summed E-state index contributed by atoms with van der Waals surface area (Å²) in [6, 6.07) is 12.8. The number of benzene rings is 2. The van der Waals surface area contributed by atoms with Crippen LogP contribution in [0.5, 0.6) is 0 Å². The molecular formula is C26H27Cl2N3O4. The molecule has 1 aliphatic rings. The van der Waals surface area contributed by atoms with Crippen molar-refractivity contribution in [2.75, 3.05) is 5.32 Å². The van der Waals surface area contributed by atoms with Gasteiger partial charge in [0.05, 0.1) is 33.0 Å². The Morgan fingerprint density at radius 2 is 1.74 bits per heavy atom.